The summed E-state index contributed by atoms with van der Waals surface area (Å²) in [5.41, 5.74) is 5.48. The summed E-state index contributed by atoms with van der Waals surface area (Å²) < 4.78 is 5.50. The van der Waals surface area contributed by atoms with Crippen molar-refractivity contribution in [2.45, 2.75) is 32.3 Å². The molecule has 1 aliphatic rings. The van der Waals surface area contributed by atoms with Crippen LogP contribution in [0.1, 0.15) is 26.7 Å². The van der Waals surface area contributed by atoms with Gasteiger partial charge in [0, 0.05) is 13.2 Å². The molecule has 1 rings (SSSR count). The maximum atomic E-state index is 5.75. The Morgan fingerprint density at radius 2 is 2.45 bits per heavy atom. The lowest BCUT2D eigenvalue weighted by molar-refractivity contribution is 0.0765. The number of amidine groups is 1. The van der Waals surface area contributed by atoms with Gasteiger partial charge in [-0.1, -0.05) is 0 Å². The van der Waals surface area contributed by atoms with Crippen LogP contribution >= 0.6 is 0 Å². The third kappa shape index (κ3) is 1.71. The molecule has 0 radical (unpaired) electrons. The summed E-state index contributed by atoms with van der Waals surface area (Å²) in [5, 5.41) is 0. The number of nitrogens with two attached hydrogens (primary N) is 1. The molecule has 0 bridgehead atoms. The lowest BCUT2D eigenvalue weighted by atomic mass is 10.0. The molecule has 0 aromatic carbocycles. The van der Waals surface area contributed by atoms with Crippen molar-refractivity contribution in [3.8, 4) is 0 Å². The molecule has 0 aliphatic carbocycles. The second-order valence-electron chi connectivity index (χ2n) is 3.04. The SMILES string of the molecule is CCN=C(N)C1(C)CCCO1. The van der Waals surface area contributed by atoms with E-state index >= 15 is 0 Å². The molecule has 3 nitrogen and oxygen atoms in total. The molecular weight excluding hydrogens is 140 g/mol. The Hall–Kier alpha value is -0.570. The Morgan fingerprint density at radius 1 is 1.73 bits per heavy atom. The molecule has 0 spiro atoms. The smallest absolute Gasteiger partial charge is 0.126 e. The minimum atomic E-state index is -0.268. The van der Waals surface area contributed by atoms with Gasteiger partial charge in [0.05, 0.1) is 0 Å². The first-order chi connectivity index (χ1) is 5.19. The van der Waals surface area contributed by atoms with Gasteiger partial charge < -0.3 is 10.5 Å². The topological polar surface area (TPSA) is 47.6 Å². The van der Waals surface area contributed by atoms with Crippen LogP contribution in [-0.2, 0) is 4.74 Å². The Labute approximate surface area is 67.6 Å². The summed E-state index contributed by atoms with van der Waals surface area (Å²) in [4.78, 5) is 4.15. The Morgan fingerprint density at radius 3 is 2.91 bits per heavy atom. The second kappa shape index (κ2) is 3.22. The van der Waals surface area contributed by atoms with Gasteiger partial charge in [-0.2, -0.15) is 0 Å². The van der Waals surface area contributed by atoms with Crippen LogP contribution in [0.2, 0.25) is 0 Å². The fourth-order valence-corrected chi connectivity index (χ4v) is 1.32. The van der Waals surface area contributed by atoms with Crippen molar-refractivity contribution in [1.29, 1.82) is 0 Å². The van der Waals surface area contributed by atoms with Crippen LogP contribution in [0.25, 0.3) is 0 Å². The van der Waals surface area contributed by atoms with Crippen molar-refractivity contribution in [3.63, 3.8) is 0 Å². The molecule has 64 valence electrons. The van der Waals surface area contributed by atoms with Gasteiger partial charge in [-0.25, -0.2) is 0 Å². The molecule has 0 aromatic heterocycles. The normalized spacial score (nSPS) is 32.7. The molecular formula is C8H16N2O. The fourth-order valence-electron chi connectivity index (χ4n) is 1.32. The van der Waals surface area contributed by atoms with E-state index in [0.29, 0.717) is 5.84 Å². The van der Waals surface area contributed by atoms with Crippen LogP contribution in [0.4, 0.5) is 0 Å². The van der Waals surface area contributed by atoms with Gasteiger partial charge in [-0.15, -0.1) is 0 Å². The van der Waals surface area contributed by atoms with E-state index in [-0.39, 0.29) is 5.60 Å². The van der Waals surface area contributed by atoms with Crippen molar-refractivity contribution in [3.05, 3.63) is 0 Å². The summed E-state index contributed by atoms with van der Waals surface area (Å²) in [6, 6.07) is 0. The van der Waals surface area contributed by atoms with Crippen LogP contribution in [0.5, 0.6) is 0 Å². The van der Waals surface area contributed by atoms with Gasteiger partial charge in [0.15, 0.2) is 0 Å². The average molecular weight is 156 g/mol. The van der Waals surface area contributed by atoms with Crippen molar-refractivity contribution >= 4 is 5.84 Å². The van der Waals surface area contributed by atoms with E-state index in [9.17, 15) is 0 Å². The molecule has 1 aliphatic heterocycles. The number of aliphatic imine (C=N–C) groups is 1. The van der Waals surface area contributed by atoms with E-state index in [1.54, 1.807) is 0 Å². The Kier molecular flexibility index (Phi) is 2.49. The number of hydrogen-bond acceptors (Lipinski definition) is 2. The fraction of sp³-hybridized carbons (Fsp3) is 0.875. The predicted molar refractivity (Wildman–Crippen MR) is 45.8 cm³/mol. The summed E-state index contributed by atoms with van der Waals surface area (Å²) in [7, 11) is 0. The number of rotatable bonds is 2. The first-order valence-electron chi connectivity index (χ1n) is 4.13. The second-order valence-corrected chi connectivity index (χ2v) is 3.04. The number of ether oxygens (including phenoxy) is 1. The summed E-state index contributed by atoms with van der Waals surface area (Å²) in [6.07, 6.45) is 2.10. The zero-order chi connectivity index (χ0) is 8.32. The van der Waals surface area contributed by atoms with Crippen molar-refractivity contribution in [2.75, 3.05) is 13.2 Å². The van der Waals surface area contributed by atoms with E-state index in [4.69, 9.17) is 10.5 Å². The van der Waals surface area contributed by atoms with Gasteiger partial charge in [0.25, 0.3) is 0 Å². The lowest BCUT2D eigenvalue weighted by Gasteiger charge is -2.21. The summed E-state index contributed by atoms with van der Waals surface area (Å²) in [5.74, 6) is 0.650. The lowest BCUT2D eigenvalue weighted by Crippen LogP contribution is -2.40. The molecule has 1 saturated heterocycles. The van der Waals surface area contributed by atoms with E-state index in [2.05, 4.69) is 4.99 Å². The number of nitrogens with zero attached hydrogens (tertiary/aromatic N) is 1. The van der Waals surface area contributed by atoms with Gasteiger partial charge >= 0.3 is 0 Å². The molecule has 11 heavy (non-hydrogen) atoms. The van der Waals surface area contributed by atoms with Crippen LogP contribution in [0.3, 0.4) is 0 Å². The highest BCUT2D eigenvalue weighted by Crippen LogP contribution is 2.24. The van der Waals surface area contributed by atoms with Crippen molar-refractivity contribution < 1.29 is 4.74 Å². The maximum absolute atomic E-state index is 5.75. The molecule has 1 heterocycles. The van der Waals surface area contributed by atoms with Gasteiger partial charge in [-0.3, -0.25) is 4.99 Å². The third-order valence-electron chi connectivity index (χ3n) is 2.09. The first-order valence-corrected chi connectivity index (χ1v) is 4.13. The quantitative estimate of drug-likeness (QED) is 0.477. The first kappa shape index (κ1) is 8.53. The minimum absolute atomic E-state index is 0.268. The summed E-state index contributed by atoms with van der Waals surface area (Å²) >= 11 is 0. The Balaban J connectivity index is 2.63. The van der Waals surface area contributed by atoms with Crippen molar-refractivity contribution in [1.82, 2.24) is 0 Å². The maximum Gasteiger partial charge on any atom is 0.126 e. The highest BCUT2D eigenvalue weighted by Gasteiger charge is 2.33. The zero-order valence-corrected chi connectivity index (χ0v) is 7.26. The summed E-state index contributed by atoms with van der Waals surface area (Å²) in [6.45, 7) is 5.54. The average Bonchev–Trinajstić information content (AvgIpc) is 2.38. The van der Waals surface area contributed by atoms with Crippen LogP contribution in [-0.4, -0.2) is 24.6 Å². The van der Waals surface area contributed by atoms with Gasteiger partial charge in [0.1, 0.15) is 11.4 Å². The molecule has 3 heteroatoms. The minimum Gasteiger partial charge on any atom is -0.385 e. The molecule has 0 saturated carbocycles. The van der Waals surface area contributed by atoms with Crippen LogP contribution in [0.15, 0.2) is 4.99 Å². The van der Waals surface area contributed by atoms with Crippen LogP contribution in [0, 0.1) is 0 Å². The van der Waals surface area contributed by atoms with Crippen LogP contribution < -0.4 is 5.73 Å². The van der Waals surface area contributed by atoms with Gasteiger partial charge in [0.2, 0.25) is 0 Å². The molecule has 1 atom stereocenters. The van der Waals surface area contributed by atoms with E-state index in [1.807, 2.05) is 13.8 Å². The molecule has 1 unspecified atom stereocenters. The predicted octanol–water partition coefficient (Wildman–Crippen LogP) is 0.933. The standard InChI is InChI=1S/C8H16N2O/c1-3-10-7(9)8(2)5-4-6-11-8/h3-6H2,1-2H3,(H2,9,10). The molecule has 0 aromatic rings. The molecule has 2 N–H and O–H groups in total. The van der Waals surface area contributed by atoms with Crippen molar-refractivity contribution in [2.24, 2.45) is 10.7 Å². The monoisotopic (exact) mass is 156 g/mol. The highest BCUT2D eigenvalue weighted by molar-refractivity contribution is 5.88. The molecule has 0 amide bonds. The Bertz CT molecular complexity index is 159. The zero-order valence-electron chi connectivity index (χ0n) is 7.26. The van der Waals surface area contributed by atoms with Gasteiger partial charge in [-0.05, 0) is 26.7 Å². The molecule has 1 fully saturated rings. The number of hydrogen-bond donors (Lipinski definition) is 1. The van der Waals surface area contributed by atoms with E-state index in [1.165, 1.54) is 0 Å². The van der Waals surface area contributed by atoms with E-state index < -0.39 is 0 Å². The highest BCUT2D eigenvalue weighted by atomic mass is 16.5. The third-order valence-corrected chi connectivity index (χ3v) is 2.09. The largest absolute Gasteiger partial charge is 0.385 e. The van der Waals surface area contributed by atoms with E-state index in [0.717, 1.165) is 26.0 Å².